The third kappa shape index (κ3) is 3.57. The molecule has 1 rings (SSSR count). The van der Waals surface area contributed by atoms with Crippen molar-refractivity contribution in [3.63, 3.8) is 0 Å². The van der Waals surface area contributed by atoms with Crippen LogP contribution < -0.4 is 5.73 Å². The highest BCUT2D eigenvalue weighted by atomic mass is 16.5. The minimum absolute atomic E-state index is 0.623. The lowest BCUT2D eigenvalue weighted by Crippen LogP contribution is -1.97. The van der Waals surface area contributed by atoms with Crippen molar-refractivity contribution in [3.8, 4) is 0 Å². The van der Waals surface area contributed by atoms with Crippen LogP contribution in [0.15, 0.2) is 24.3 Å². The molecule has 1 aromatic rings. The number of rotatable bonds is 5. The van der Waals surface area contributed by atoms with Gasteiger partial charge in [-0.3, -0.25) is 0 Å². The highest BCUT2D eigenvalue weighted by molar-refractivity contribution is 5.22. The van der Waals surface area contributed by atoms with Gasteiger partial charge in [0.05, 0.1) is 0 Å². The Hall–Kier alpha value is -0.860. The first-order valence-corrected chi connectivity index (χ1v) is 4.63. The predicted molar refractivity (Wildman–Crippen MR) is 54.5 cm³/mol. The average molecular weight is 179 g/mol. The topological polar surface area (TPSA) is 35.2 Å². The van der Waals surface area contributed by atoms with E-state index in [4.69, 9.17) is 10.5 Å². The summed E-state index contributed by atoms with van der Waals surface area (Å²) in [5, 5.41) is 0. The molecular weight excluding hydrogens is 162 g/mol. The molecule has 0 radical (unpaired) electrons. The van der Waals surface area contributed by atoms with Crippen molar-refractivity contribution in [1.29, 1.82) is 0 Å². The van der Waals surface area contributed by atoms with Crippen LogP contribution in [0.4, 0.5) is 0 Å². The van der Waals surface area contributed by atoms with E-state index in [1.807, 2.05) is 0 Å². The molecule has 13 heavy (non-hydrogen) atoms. The molecule has 0 saturated heterocycles. The summed E-state index contributed by atoms with van der Waals surface area (Å²) >= 11 is 0. The first-order chi connectivity index (χ1) is 6.36. The fraction of sp³-hybridized carbons (Fsp3) is 0.455. The lowest BCUT2D eigenvalue weighted by Gasteiger charge is -2.02. The van der Waals surface area contributed by atoms with Gasteiger partial charge in [0, 0.05) is 20.3 Å². The SMILES string of the molecule is COCCCc1ccc(CN)cc1. The van der Waals surface area contributed by atoms with Gasteiger partial charge in [-0.2, -0.15) is 0 Å². The Labute approximate surface area is 79.7 Å². The van der Waals surface area contributed by atoms with E-state index in [-0.39, 0.29) is 0 Å². The van der Waals surface area contributed by atoms with Crippen LogP contribution in [0.5, 0.6) is 0 Å². The van der Waals surface area contributed by atoms with Crippen molar-refractivity contribution in [3.05, 3.63) is 35.4 Å². The van der Waals surface area contributed by atoms with Gasteiger partial charge in [0.15, 0.2) is 0 Å². The van der Waals surface area contributed by atoms with Crippen LogP contribution in [0.3, 0.4) is 0 Å². The molecule has 0 spiro atoms. The molecule has 1 aromatic carbocycles. The Morgan fingerprint density at radius 1 is 1.15 bits per heavy atom. The van der Waals surface area contributed by atoms with Crippen LogP contribution in [0.2, 0.25) is 0 Å². The van der Waals surface area contributed by atoms with Gasteiger partial charge in [-0.1, -0.05) is 24.3 Å². The monoisotopic (exact) mass is 179 g/mol. The fourth-order valence-corrected chi connectivity index (χ4v) is 1.26. The molecule has 0 saturated carbocycles. The van der Waals surface area contributed by atoms with Gasteiger partial charge < -0.3 is 10.5 Å². The van der Waals surface area contributed by atoms with Gasteiger partial charge in [-0.05, 0) is 24.0 Å². The molecule has 0 unspecified atom stereocenters. The molecule has 0 fully saturated rings. The molecule has 0 aliphatic rings. The van der Waals surface area contributed by atoms with Crippen molar-refractivity contribution < 1.29 is 4.74 Å². The van der Waals surface area contributed by atoms with Gasteiger partial charge in [0.1, 0.15) is 0 Å². The van der Waals surface area contributed by atoms with E-state index in [1.165, 1.54) is 11.1 Å². The number of hydrogen-bond donors (Lipinski definition) is 1. The van der Waals surface area contributed by atoms with E-state index < -0.39 is 0 Å². The highest BCUT2D eigenvalue weighted by Crippen LogP contribution is 2.06. The zero-order valence-corrected chi connectivity index (χ0v) is 8.12. The molecule has 2 heteroatoms. The van der Waals surface area contributed by atoms with Crippen LogP contribution in [0.25, 0.3) is 0 Å². The summed E-state index contributed by atoms with van der Waals surface area (Å²) < 4.78 is 4.99. The van der Waals surface area contributed by atoms with Crippen molar-refractivity contribution in [2.45, 2.75) is 19.4 Å². The standard InChI is InChI=1S/C11H17NO/c1-13-8-2-3-10-4-6-11(9-12)7-5-10/h4-7H,2-3,8-9,12H2,1H3. The van der Waals surface area contributed by atoms with E-state index in [0.29, 0.717) is 6.54 Å². The average Bonchev–Trinajstić information content (AvgIpc) is 2.19. The Bertz CT molecular complexity index is 230. The van der Waals surface area contributed by atoms with Crippen molar-refractivity contribution in [2.24, 2.45) is 5.73 Å². The summed E-state index contributed by atoms with van der Waals surface area (Å²) in [6.07, 6.45) is 2.16. The number of methoxy groups -OCH3 is 1. The Kier molecular flexibility index (Phi) is 4.50. The maximum atomic E-state index is 5.50. The van der Waals surface area contributed by atoms with E-state index in [9.17, 15) is 0 Å². The van der Waals surface area contributed by atoms with Crippen LogP contribution in [0, 0.1) is 0 Å². The van der Waals surface area contributed by atoms with Gasteiger partial charge in [0.25, 0.3) is 0 Å². The lowest BCUT2D eigenvalue weighted by atomic mass is 10.1. The molecule has 0 heterocycles. The molecule has 0 aromatic heterocycles. The predicted octanol–water partition coefficient (Wildman–Crippen LogP) is 1.72. The molecule has 0 atom stereocenters. The van der Waals surface area contributed by atoms with Crippen LogP contribution in [-0.4, -0.2) is 13.7 Å². The van der Waals surface area contributed by atoms with Crippen LogP contribution in [-0.2, 0) is 17.7 Å². The maximum Gasteiger partial charge on any atom is 0.0465 e. The van der Waals surface area contributed by atoms with Gasteiger partial charge in [0.2, 0.25) is 0 Å². The second kappa shape index (κ2) is 5.73. The largest absolute Gasteiger partial charge is 0.385 e. The minimum atomic E-state index is 0.623. The summed E-state index contributed by atoms with van der Waals surface area (Å²) in [5.74, 6) is 0. The summed E-state index contributed by atoms with van der Waals surface area (Å²) in [6, 6.07) is 8.44. The van der Waals surface area contributed by atoms with E-state index in [0.717, 1.165) is 19.4 Å². The molecule has 72 valence electrons. The molecular formula is C11H17NO. The van der Waals surface area contributed by atoms with Crippen LogP contribution >= 0.6 is 0 Å². The first kappa shape index (κ1) is 10.2. The van der Waals surface area contributed by atoms with Gasteiger partial charge >= 0.3 is 0 Å². The second-order valence-corrected chi connectivity index (χ2v) is 3.12. The maximum absolute atomic E-state index is 5.50. The van der Waals surface area contributed by atoms with Crippen molar-refractivity contribution in [2.75, 3.05) is 13.7 Å². The summed E-state index contributed by atoms with van der Waals surface area (Å²) in [7, 11) is 1.73. The minimum Gasteiger partial charge on any atom is -0.385 e. The first-order valence-electron chi connectivity index (χ1n) is 4.63. The molecule has 0 amide bonds. The second-order valence-electron chi connectivity index (χ2n) is 3.12. The summed E-state index contributed by atoms with van der Waals surface area (Å²) in [6.45, 7) is 1.46. The molecule has 2 N–H and O–H groups in total. The third-order valence-corrected chi connectivity index (χ3v) is 2.07. The number of hydrogen-bond acceptors (Lipinski definition) is 2. The highest BCUT2D eigenvalue weighted by Gasteiger charge is 1.93. The van der Waals surface area contributed by atoms with Crippen LogP contribution in [0.1, 0.15) is 17.5 Å². The summed E-state index contributed by atoms with van der Waals surface area (Å²) in [5.41, 5.74) is 8.05. The van der Waals surface area contributed by atoms with Gasteiger partial charge in [-0.25, -0.2) is 0 Å². The number of benzene rings is 1. The molecule has 0 bridgehead atoms. The Morgan fingerprint density at radius 3 is 2.31 bits per heavy atom. The zero-order valence-electron chi connectivity index (χ0n) is 8.12. The van der Waals surface area contributed by atoms with E-state index >= 15 is 0 Å². The fourth-order valence-electron chi connectivity index (χ4n) is 1.26. The quantitative estimate of drug-likeness (QED) is 0.698. The number of aryl methyl sites for hydroxylation is 1. The molecule has 0 aliphatic heterocycles. The lowest BCUT2D eigenvalue weighted by molar-refractivity contribution is 0.195. The Morgan fingerprint density at radius 2 is 1.77 bits per heavy atom. The third-order valence-electron chi connectivity index (χ3n) is 2.07. The smallest absolute Gasteiger partial charge is 0.0465 e. The van der Waals surface area contributed by atoms with Gasteiger partial charge in [-0.15, -0.1) is 0 Å². The Balaban J connectivity index is 2.40. The molecule has 2 nitrogen and oxygen atoms in total. The number of ether oxygens (including phenoxy) is 1. The normalized spacial score (nSPS) is 10.3. The number of nitrogens with two attached hydrogens (primary N) is 1. The zero-order chi connectivity index (χ0) is 9.52. The van der Waals surface area contributed by atoms with Crippen molar-refractivity contribution >= 4 is 0 Å². The molecule has 0 aliphatic carbocycles. The van der Waals surface area contributed by atoms with Crippen molar-refractivity contribution in [1.82, 2.24) is 0 Å². The summed E-state index contributed by atoms with van der Waals surface area (Å²) in [4.78, 5) is 0. The van der Waals surface area contributed by atoms with E-state index in [2.05, 4.69) is 24.3 Å². The van der Waals surface area contributed by atoms with E-state index in [1.54, 1.807) is 7.11 Å².